The van der Waals surface area contributed by atoms with Crippen molar-refractivity contribution in [2.24, 2.45) is 0 Å². The topological polar surface area (TPSA) is 17.8 Å². The van der Waals surface area contributed by atoms with Gasteiger partial charge in [0, 0.05) is 23.0 Å². The fourth-order valence-corrected chi connectivity index (χ4v) is 2.74. The van der Waals surface area contributed by atoms with E-state index in [-0.39, 0.29) is 5.82 Å². The summed E-state index contributed by atoms with van der Waals surface area (Å²) in [4.78, 5) is 4.60. The summed E-state index contributed by atoms with van der Waals surface area (Å²) < 4.78 is 15.5. The third-order valence-electron chi connectivity index (χ3n) is 3.40. The number of halogens is 3. The largest absolute Gasteiger partial charge is 0.296 e. The predicted octanol–water partition coefficient (Wildman–Crippen LogP) is 4.91. The zero-order valence-corrected chi connectivity index (χ0v) is 12.9. The fraction of sp³-hybridized carbons (Fsp3) is 0.188. The van der Waals surface area contributed by atoms with Gasteiger partial charge in [-0.3, -0.25) is 4.57 Å². The van der Waals surface area contributed by atoms with E-state index in [2.05, 4.69) is 4.98 Å². The van der Waals surface area contributed by atoms with E-state index in [1.54, 1.807) is 19.1 Å². The fourth-order valence-electron chi connectivity index (χ4n) is 2.41. The van der Waals surface area contributed by atoms with Gasteiger partial charge in [0.25, 0.3) is 0 Å². The Morgan fingerprint density at radius 3 is 2.71 bits per heavy atom. The Kier molecular flexibility index (Phi) is 3.87. The molecule has 1 aromatic heterocycles. The molecule has 0 aliphatic carbocycles. The van der Waals surface area contributed by atoms with Crippen LogP contribution in [-0.4, -0.2) is 15.4 Å². The Hall–Kier alpha value is -1.58. The summed E-state index contributed by atoms with van der Waals surface area (Å²) in [7, 11) is 0. The minimum Gasteiger partial charge on any atom is -0.296 e. The lowest BCUT2D eigenvalue weighted by Gasteiger charge is -2.10. The Labute approximate surface area is 132 Å². The van der Waals surface area contributed by atoms with Crippen LogP contribution in [0.5, 0.6) is 0 Å². The molecule has 5 heteroatoms. The van der Waals surface area contributed by atoms with Crippen LogP contribution in [-0.2, 0) is 6.42 Å². The zero-order chi connectivity index (χ0) is 15.0. The van der Waals surface area contributed by atoms with Crippen LogP contribution in [0, 0.1) is 12.7 Å². The lowest BCUT2D eigenvalue weighted by molar-refractivity contribution is 0.618. The minimum absolute atomic E-state index is 0.222. The van der Waals surface area contributed by atoms with Gasteiger partial charge < -0.3 is 0 Å². The summed E-state index contributed by atoms with van der Waals surface area (Å²) in [6, 6.07) is 10.5. The molecule has 0 N–H and O–H groups in total. The number of fused-ring (bicyclic) bond motifs is 1. The maximum atomic E-state index is 13.5. The molecule has 3 rings (SSSR count). The van der Waals surface area contributed by atoms with E-state index >= 15 is 0 Å². The van der Waals surface area contributed by atoms with Gasteiger partial charge in [-0.2, -0.15) is 0 Å². The summed E-state index contributed by atoms with van der Waals surface area (Å²) in [5, 5.41) is 0.639. The Balaban J connectivity index is 2.29. The number of hydrogen-bond donors (Lipinski definition) is 0. The highest BCUT2D eigenvalue weighted by molar-refractivity contribution is 6.31. The van der Waals surface area contributed by atoms with Gasteiger partial charge in [0.15, 0.2) is 0 Å². The van der Waals surface area contributed by atoms with E-state index < -0.39 is 0 Å². The number of benzene rings is 2. The van der Waals surface area contributed by atoms with Crippen LogP contribution in [0.1, 0.15) is 11.4 Å². The van der Waals surface area contributed by atoms with Crippen molar-refractivity contribution in [3.8, 4) is 5.69 Å². The smallest absolute Gasteiger partial charge is 0.126 e. The average Bonchev–Trinajstić information content (AvgIpc) is 2.80. The first-order valence-corrected chi connectivity index (χ1v) is 7.51. The summed E-state index contributed by atoms with van der Waals surface area (Å²) >= 11 is 12.0. The van der Waals surface area contributed by atoms with Crippen molar-refractivity contribution in [3.05, 3.63) is 58.6 Å². The van der Waals surface area contributed by atoms with E-state index in [1.165, 1.54) is 6.07 Å². The monoisotopic (exact) mass is 322 g/mol. The summed E-state index contributed by atoms with van der Waals surface area (Å²) in [6.45, 7) is 1.74. The molecule has 0 atom stereocenters. The van der Waals surface area contributed by atoms with E-state index in [1.807, 2.05) is 22.8 Å². The van der Waals surface area contributed by atoms with Crippen molar-refractivity contribution in [2.75, 3.05) is 5.88 Å². The molecule has 0 radical (unpaired) electrons. The number of alkyl halides is 1. The normalized spacial score (nSPS) is 11.2. The first-order valence-electron chi connectivity index (χ1n) is 6.59. The standard InChI is InChI=1S/C16H13Cl2FN2/c1-10-8-12(3-4-13(10)19)21-15-9-11(18)2-5-14(15)20-16(21)6-7-17/h2-5,8-9H,6-7H2,1H3. The van der Waals surface area contributed by atoms with Crippen molar-refractivity contribution < 1.29 is 4.39 Å². The maximum Gasteiger partial charge on any atom is 0.126 e. The zero-order valence-electron chi connectivity index (χ0n) is 11.4. The molecule has 0 spiro atoms. The van der Waals surface area contributed by atoms with E-state index in [0.717, 1.165) is 22.5 Å². The number of hydrogen-bond acceptors (Lipinski definition) is 1. The molecule has 1 heterocycles. The van der Waals surface area contributed by atoms with Crippen LogP contribution in [0.2, 0.25) is 5.02 Å². The third-order valence-corrected chi connectivity index (χ3v) is 3.83. The number of imidazole rings is 1. The van der Waals surface area contributed by atoms with Crippen molar-refractivity contribution in [3.63, 3.8) is 0 Å². The van der Waals surface area contributed by atoms with E-state index in [0.29, 0.717) is 22.9 Å². The Bertz CT molecular complexity index is 811. The quantitative estimate of drug-likeness (QED) is 0.626. The average molecular weight is 323 g/mol. The molecule has 0 aliphatic heterocycles. The SMILES string of the molecule is Cc1cc(-n2c(CCCl)nc3ccc(Cl)cc32)ccc1F. The first kappa shape index (κ1) is 14.4. The molecule has 0 saturated heterocycles. The highest BCUT2D eigenvalue weighted by Gasteiger charge is 2.13. The molecule has 0 aliphatic rings. The van der Waals surface area contributed by atoms with Crippen LogP contribution in [0.3, 0.4) is 0 Å². The lowest BCUT2D eigenvalue weighted by atomic mass is 10.2. The van der Waals surface area contributed by atoms with Gasteiger partial charge in [-0.15, -0.1) is 11.6 Å². The molecule has 0 amide bonds. The second kappa shape index (κ2) is 5.66. The first-order chi connectivity index (χ1) is 10.1. The lowest BCUT2D eigenvalue weighted by Crippen LogP contribution is -2.03. The van der Waals surface area contributed by atoms with Gasteiger partial charge in [0.1, 0.15) is 11.6 Å². The Morgan fingerprint density at radius 1 is 1.19 bits per heavy atom. The van der Waals surface area contributed by atoms with Gasteiger partial charge in [0.05, 0.1) is 11.0 Å². The van der Waals surface area contributed by atoms with Crippen LogP contribution in [0.25, 0.3) is 16.7 Å². The van der Waals surface area contributed by atoms with Gasteiger partial charge in [-0.25, -0.2) is 9.37 Å². The molecule has 0 fully saturated rings. The van der Waals surface area contributed by atoms with Crippen molar-refractivity contribution >= 4 is 34.2 Å². The minimum atomic E-state index is -0.222. The highest BCUT2D eigenvalue weighted by Crippen LogP contribution is 2.26. The molecule has 3 aromatic rings. The molecular weight excluding hydrogens is 310 g/mol. The van der Waals surface area contributed by atoms with E-state index in [4.69, 9.17) is 23.2 Å². The van der Waals surface area contributed by atoms with Crippen LogP contribution in [0.4, 0.5) is 4.39 Å². The number of aryl methyl sites for hydroxylation is 2. The maximum absolute atomic E-state index is 13.5. The Morgan fingerprint density at radius 2 is 2.00 bits per heavy atom. The van der Waals surface area contributed by atoms with Crippen molar-refractivity contribution in [1.82, 2.24) is 9.55 Å². The van der Waals surface area contributed by atoms with Crippen molar-refractivity contribution in [1.29, 1.82) is 0 Å². The number of aromatic nitrogens is 2. The molecule has 0 saturated carbocycles. The molecule has 0 unspecified atom stereocenters. The molecular formula is C16H13Cl2FN2. The van der Waals surface area contributed by atoms with Crippen molar-refractivity contribution in [2.45, 2.75) is 13.3 Å². The molecule has 2 aromatic carbocycles. The number of rotatable bonds is 3. The summed E-state index contributed by atoms with van der Waals surface area (Å²) in [6.07, 6.45) is 0.629. The van der Waals surface area contributed by atoms with Crippen LogP contribution >= 0.6 is 23.2 Å². The highest BCUT2D eigenvalue weighted by atomic mass is 35.5. The second-order valence-electron chi connectivity index (χ2n) is 4.87. The number of nitrogens with zero attached hydrogens (tertiary/aromatic N) is 2. The van der Waals surface area contributed by atoms with Crippen LogP contribution in [0.15, 0.2) is 36.4 Å². The summed E-state index contributed by atoms with van der Waals surface area (Å²) in [5.74, 6) is 1.09. The second-order valence-corrected chi connectivity index (χ2v) is 5.68. The third kappa shape index (κ3) is 2.63. The van der Waals surface area contributed by atoms with Gasteiger partial charge in [-0.05, 0) is 48.9 Å². The summed E-state index contributed by atoms with van der Waals surface area (Å²) in [5.41, 5.74) is 3.20. The molecule has 0 bridgehead atoms. The van der Waals surface area contributed by atoms with Gasteiger partial charge in [0.2, 0.25) is 0 Å². The molecule has 21 heavy (non-hydrogen) atoms. The predicted molar refractivity (Wildman–Crippen MR) is 85.2 cm³/mol. The van der Waals surface area contributed by atoms with Crippen LogP contribution < -0.4 is 0 Å². The van der Waals surface area contributed by atoms with E-state index in [9.17, 15) is 4.39 Å². The van der Waals surface area contributed by atoms with Gasteiger partial charge in [-0.1, -0.05) is 11.6 Å². The van der Waals surface area contributed by atoms with Gasteiger partial charge >= 0.3 is 0 Å². The molecule has 2 nitrogen and oxygen atoms in total. The molecule has 108 valence electrons.